The molecule has 0 aliphatic heterocycles. The molecule has 52 heavy (non-hydrogen) atoms. The number of hydrogen-bond donors (Lipinski definition) is 0. The Hall–Kier alpha value is -6.26. The minimum Gasteiger partial charge on any atom is -0.495 e. The molecule has 0 saturated heterocycles. The number of aryl methyl sites for hydroxylation is 4. The Labute approximate surface area is 308 Å². The zero-order valence-electron chi connectivity index (χ0n) is 30.7. The average molecular weight is 681 g/mol. The topological polar surface area (TPSA) is 24.9 Å². The van der Waals surface area contributed by atoms with Gasteiger partial charge in [0.1, 0.15) is 11.5 Å². The lowest BCUT2D eigenvalue weighted by Crippen LogP contribution is -2.12. The second-order valence-corrected chi connectivity index (χ2v) is 13.3. The molecule has 258 valence electrons. The van der Waals surface area contributed by atoms with Crippen molar-refractivity contribution in [2.75, 3.05) is 24.0 Å². The highest BCUT2D eigenvalue weighted by molar-refractivity contribution is 5.85. The van der Waals surface area contributed by atoms with Gasteiger partial charge < -0.3 is 19.3 Å². The molecular formula is C48H44N2O2. The Morgan fingerprint density at radius 3 is 1.00 bits per heavy atom. The summed E-state index contributed by atoms with van der Waals surface area (Å²) >= 11 is 0. The van der Waals surface area contributed by atoms with E-state index >= 15 is 0 Å². The summed E-state index contributed by atoms with van der Waals surface area (Å²) in [6.07, 6.45) is 0. The van der Waals surface area contributed by atoms with Crippen molar-refractivity contribution in [1.82, 2.24) is 0 Å². The van der Waals surface area contributed by atoms with Crippen LogP contribution in [0.2, 0.25) is 0 Å². The van der Waals surface area contributed by atoms with E-state index in [9.17, 15) is 0 Å². The number of para-hydroxylation sites is 2. The van der Waals surface area contributed by atoms with Gasteiger partial charge in [0.2, 0.25) is 0 Å². The molecule has 7 aromatic rings. The summed E-state index contributed by atoms with van der Waals surface area (Å²) in [6, 6.07) is 56.0. The van der Waals surface area contributed by atoms with Crippen LogP contribution >= 0.6 is 0 Å². The molecule has 0 amide bonds. The molecule has 0 spiro atoms. The Kier molecular flexibility index (Phi) is 9.81. The molecule has 0 saturated carbocycles. The van der Waals surface area contributed by atoms with Gasteiger partial charge in [0.05, 0.1) is 25.6 Å². The normalized spacial score (nSPS) is 10.9. The average Bonchev–Trinajstić information content (AvgIpc) is 3.17. The highest BCUT2D eigenvalue weighted by Gasteiger charge is 2.20. The van der Waals surface area contributed by atoms with Crippen LogP contribution in [0.15, 0.2) is 158 Å². The van der Waals surface area contributed by atoms with E-state index in [0.29, 0.717) is 0 Å². The van der Waals surface area contributed by atoms with Crippen molar-refractivity contribution in [3.63, 3.8) is 0 Å². The van der Waals surface area contributed by atoms with Crippen LogP contribution in [0.25, 0.3) is 22.3 Å². The van der Waals surface area contributed by atoms with Crippen molar-refractivity contribution >= 4 is 34.1 Å². The quantitative estimate of drug-likeness (QED) is 0.144. The van der Waals surface area contributed by atoms with Crippen molar-refractivity contribution in [2.45, 2.75) is 27.7 Å². The molecule has 0 N–H and O–H groups in total. The lowest BCUT2D eigenvalue weighted by atomic mass is 9.99. The van der Waals surface area contributed by atoms with Gasteiger partial charge in [0, 0.05) is 22.7 Å². The van der Waals surface area contributed by atoms with Crippen molar-refractivity contribution in [1.29, 1.82) is 0 Å². The summed E-state index contributed by atoms with van der Waals surface area (Å²) < 4.78 is 11.7. The minimum absolute atomic E-state index is 0.833. The fourth-order valence-corrected chi connectivity index (χ4v) is 6.86. The van der Waals surface area contributed by atoms with Crippen LogP contribution in [0.5, 0.6) is 11.5 Å². The molecule has 4 heteroatoms. The Balaban J connectivity index is 1.17. The van der Waals surface area contributed by atoms with Gasteiger partial charge in [-0.05, 0) is 133 Å². The molecule has 0 bridgehead atoms. The zero-order valence-corrected chi connectivity index (χ0v) is 30.7. The van der Waals surface area contributed by atoms with Gasteiger partial charge in [-0.1, -0.05) is 97.1 Å². The fraction of sp³-hybridized carbons (Fsp3) is 0.125. The number of nitrogens with zero attached hydrogens (tertiary/aromatic N) is 2. The molecule has 0 heterocycles. The van der Waals surface area contributed by atoms with E-state index in [4.69, 9.17) is 9.47 Å². The first-order valence-corrected chi connectivity index (χ1v) is 17.7. The van der Waals surface area contributed by atoms with Gasteiger partial charge in [0.25, 0.3) is 0 Å². The Morgan fingerprint density at radius 2 is 0.673 bits per heavy atom. The molecular weight excluding hydrogens is 637 g/mol. The number of methoxy groups -OCH3 is 2. The van der Waals surface area contributed by atoms with Crippen LogP contribution in [0.4, 0.5) is 34.1 Å². The molecule has 0 radical (unpaired) electrons. The fourth-order valence-electron chi connectivity index (χ4n) is 6.86. The van der Waals surface area contributed by atoms with Crippen LogP contribution < -0.4 is 19.3 Å². The van der Waals surface area contributed by atoms with E-state index in [-0.39, 0.29) is 0 Å². The molecule has 4 nitrogen and oxygen atoms in total. The third-order valence-electron chi connectivity index (χ3n) is 9.67. The minimum atomic E-state index is 0.833. The monoisotopic (exact) mass is 680 g/mol. The van der Waals surface area contributed by atoms with Crippen molar-refractivity contribution in [2.24, 2.45) is 0 Å². The Bertz CT molecular complexity index is 2140. The maximum atomic E-state index is 5.83. The van der Waals surface area contributed by atoms with Gasteiger partial charge in [-0.2, -0.15) is 0 Å². The second kappa shape index (κ2) is 14.9. The standard InChI is InChI=1S/C48H44N2O2/c1-33-15-29-47(51-5)45(31-33)49(43-13-9-7-11-35(43)3)41-25-21-39(22-26-41)37-17-19-38(20-18-37)40-23-27-42(28-24-40)50(44-14-10-8-12-36(44)4)46-32-34(2)16-30-48(46)52-6/h7-32H,1-6H3. The molecule has 0 unspecified atom stereocenters. The van der Waals surface area contributed by atoms with E-state index in [0.717, 1.165) is 56.8 Å². The summed E-state index contributed by atoms with van der Waals surface area (Å²) in [5.74, 6) is 1.67. The van der Waals surface area contributed by atoms with Crippen LogP contribution in [0, 0.1) is 27.7 Å². The lowest BCUT2D eigenvalue weighted by Gasteiger charge is -2.29. The summed E-state index contributed by atoms with van der Waals surface area (Å²) in [5, 5.41) is 0. The third-order valence-corrected chi connectivity index (χ3v) is 9.67. The van der Waals surface area contributed by atoms with Crippen LogP contribution in [0.1, 0.15) is 22.3 Å². The lowest BCUT2D eigenvalue weighted by molar-refractivity contribution is 0.416. The van der Waals surface area contributed by atoms with Crippen LogP contribution in [0.3, 0.4) is 0 Å². The Morgan fingerprint density at radius 1 is 0.346 bits per heavy atom. The van der Waals surface area contributed by atoms with Gasteiger partial charge in [-0.25, -0.2) is 0 Å². The number of hydrogen-bond acceptors (Lipinski definition) is 4. The highest BCUT2D eigenvalue weighted by atomic mass is 16.5. The predicted octanol–water partition coefficient (Wildman–Crippen LogP) is 13.2. The first-order chi connectivity index (χ1) is 25.3. The summed E-state index contributed by atoms with van der Waals surface area (Å²) in [7, 11) is 3.46. The molecule has 7 rings (SSSR count). The van der Waals surface area contributed by atoms with Gasteiger partial charge in [0.15, 0.2) is 0 Å². The zero-order chi connectivity index (χ0) is 36.2. The summed E-state index contributed by atoms with van der Waals surface area (Å²) in [4.78, 5) is 4.57. The van der Waals surface area contributed by atoms with E-state index in [1.807, 2.05) is 12.1 Å². The first-order valence-electron chi connectivity index (χ1n) is 17.7. The van der Waals surface area contributed by atoms with Crippen LogP contribution in [-0.2, 0) is 0 Å². The largest absolute Gasteiger partial charge is 0.495 e. The van der Waals surface area contributed by atoms with E-state index in [2.05, 4.69) is 183 Å². The maximum Gasteiger partial charge on any atom is 0.142 e. The molecule has 7 aromatic carbocycles. The van der Waals surface area contributed by atoms with Crippen molar-refractivity contribution in [3.8, 4) is 33.8 Å². The van der Waals surface area contributed by atoms with Gasteiger partial charge in [-0.15, -0.1) is 0 Å². The molecule has 0 atom stereocenters. The maximum absolute atomic E-state index is 5.83. The number of ether oxygens (including phenoxy) is 2. The third kappa shape index (κ3) is 6.88. The van der Waals surface area contributed by atoms with E-state index in [1.165, 1.54) is 33.4 Å². The molecule has 0 aliphatic carbocycles. The van der Waals surface area contributed by atoms with E-state index < -0.39 is 0 Å². The van der Waals surface area contributed by atoms with E-state index in [1.54, 1.807) is 14.2 Å². The molecule has 0 aromatic heterocycles. The number of benzene rings is 7. The predicted molar refractivity (Wildman–Crippen MR) is 219 cm³/mol. The van der Waals surface area contributed by atoms with Gasteiger partial charge in [-0.3, -0.25) is 0 Å². The van der Waals surface area contributed by atoms with Crippen molar-refractivity contribution in [3.05, 3.63) is 180 Å². The molecule has 0 aliphatic rings. The summed E-state index contributed by atoms with van der Waals surface area (Å²) in [6.45, 7) is 8.53. The SMILES string of the molecule is COc1ccc(C)cc1N(c1ccc(-c2ccc(-c3ccc(N(c4ccccc4C)c4cc(C)ccc4OC)cc3)cc2)cc1)c1ccccc1C. The summed E-state index contributed by atoms with van der Waals surface area (Å²) in [5.41, 5.74) is 15.8. The number of anilines is 6. The second-order valence-electron chi connectivity index (χ2n) is 13.3. The highest BCUT2D eigenvalue weighted by Crippen LogP contribution is 2.44. The van der Waals surface area contributed by atoms with Crippen molar-refractivity contribution < 1.29 is 9.47 Å². The smallest absolute Gasteiger partial charge is 0.142 e. The van der Waals surface area contributed by atoms with Crippen LogP contribution in [-0.4, -0.2) is 14.2 Å². The number of rotatable bonds is 10. The first kappa shape index (κ1) is 34.2. The molecule has 0 fully saturated rings. The van der Waals surface area contributed by atoms with Gasteiger partial charge >= 0.3 is 0 Å².